The molecule has 1 aromatic carbocycles. The Balaban J connectivity index is 2.50. The van der Waals surface area contributed by atoms with Crippen molar-refractivity contribution in [3.8, 4) is 12.3 Å². The predicted octanol–water partition coefficient (Wildman–Crippen LogP) is 1.86. The van der Waals surface area contributed by atoms with E-state index in [9.17, 15) is 9.50 Å². The fourth-order valence-corrected chi connectivity index (χ4v) is 1.38. The van der Waals surface area contributed by atoms with Crippen molar-refractivity contribution < 1.29 is 9.50 Å². The number of terminal acetylenes is 1. The molecule has 0 aromatic heterocycles. The number of rotatable bonds is 5. The number of nitrogens with one attached hydrogen (secondary N) is 1. The molecule has 0 amide bonds. The minimum Gasteiger partial charge on any atom is -0.387 e. The van der Waals surface area contributed by atoms with Gasteiger partial charge in [0, 0.05) is 6.54 Å². The van der Waals surface area contributed by atoms with Crippen LogP contribution >= 0.6 is 0 Å². The molecule has 0 bridgehead atoms. The number of halogens is 1. The summed E-state index contributed by atoms with van der Waals surface area (Å²) in [6.07, 6.45) is 5.43. The Kier molecular flexibility index (Phi) is 4.97. The van der Waals surface area contributed by atoms with Gasteiger partial charge in [-0.2, -0.15) is 0 Å². The largest absolute Gasteiger partial charge is 0.387 e. The van der Waals surface area contributed by atoms with Gasteiger partial charge in [-0.25, -0.2) is 4.39 Å². The highest BCUT2D eigenvalue weighted by molar-refractivity contribution is 5.18. The second kappa shape index (κ2) is 6.26. The van der Waals surface area contributed by atoms with Crippen molar-refractivity contribution in [3.63, 3.8) is 0 Å². The van der Waals surface area contributed by atoms with Crippen LogP contribution in [0.5, 0.6) is 0 Å². The molecule has 2 N–H and O–H groups in total. The molecule has 0 saturated carbocycles. The molecule has 3 heteroatoms. The second-order valence-corrected chi connectivity index (χ2v) is 3.60. The zero-order valence-electron chi connectivity index (χ0n) is 9.28. The topological polar surface area (TPSA) is 32.3 Å². The van der Waals surface area contributed by atoms with Crippen molar-refractivity contribution in [3.05, 3.63) is 35.6 Å². The molecule has 1 rings (SSSR count). The summed E-state index contributed by atoms with van der Waals surface area (Å²) >= 11 is 0. The van der Waals surface area contributed by atoms with Crippen molar-refractivity contribution in [1.29, 1.82) is 0 Å². The van der Waals surface area contributed by atoms with Crippen molar-refractivity contribution >= 4 is 0 Å². The van der Waals surface area contributed by atoms with Crippen LogP contribution in [0.4, 0.5) is 4.39 Å². The molecule has 16 heavy (non-hydrogen) atoms. The van der Waals surface area contributed by atoms with Crippen molar-refractivity contribution in [2.75, 3.05) is 6.54 Å². The summed E-state index contributed by atoms with van der Waals surface area (Å²) in [5.41, 5.74) is 0.681. The van der Waals surface area contributed by atoms with Gasteiger partial charge in [0.15, 0.2) is 0 Å². The average molecular weight is 221 g/mol. The number of hydrogen-bond acceptors (Lipinski definition) is 2. The van der Waals surface area contributed by atoms with Crippen LogP contribution in [-0.4, -0.2) is 17.7 Å². The smallest absolute Gasteiger partial charge is 0.123 e. The van der Waals surface area contributed by atoms with E-state index in [2.05, 4.69) is 11.2 Å². The first kappa shape index (κ1) is 12.7. The predicted molar refractivity (Wildman–Crippen MR) is 62.3 cm³/mol. The molecule has 1 aromatic rings. The zero-order valence-corrected chi connectivity index (χ0v) is 9.28. The van der Waals surface area contributed by atoms with Crippen LogP contribution in [0.2, 0.25) is 0 Å². The van der Waals surface area contributed by atoms with Crippen molar-refractivity contribution in [2.24, 2.45) is 0 Å². The highest BCUT2D eigenvalue weighted by Gasteiger charge is 2.09. The highest BCUT2D eigenvalue weighted by atomic mass is 19.1. The van der Waals surface area contributed by atoms with Crippen molar-refractivity contribution in [1.82, 2.24) is 5.32 Å². The lowest BCUT2D eigenvalue weighted by atomic mass is 10.1. The minimum absolute atomic E-state index is 0.0323. The molecule has 0 aliphatic heterocycles. The van der Waals surface area contributed by atoms with Crippen LogP contribution in [0, 0.1) is 18.2 Å². The van der Waals surface area contributed by atoms with Gasteiger partial charge in [0.05, 0.1) is 12.1 Å². The fraction of sp³-hybridized carbons (Fsp3) is 0.385. The van der Waals surface area contributed by atoms with E-state index in [0.717, 1.165) is 6.42 Å². The molecule has 0 fully saturated rings. The summed E-state index contributed by atoms with van der Waals surface area (Å²) < 4.78 is 12.6. The Morgan fingerprint density at radius 3 is 2.56 bits per heavy atom. The first-order valence-corrected chi connectivity index (χ1v) is 5.30. The standard InChI is InChI=1S/C13H16FNO/c1-3-12(4-2)15-9-13(16)10-5-7-11(14)8-6-10/h1,5-8,12-13,15-16H,4,9H2,2H3. The summed E-state index contributed by atoms with van der Waals surface area (Å²) in [7, 11) is 0. The Bertz CT molecular complexity index is 355. The molecule has 86 valence electrons. The molecule has 0 saturated heterocycles. The molecular formula is C13H16FNO. The van der Waals surface area contributed by atoms with E-state index >= 15 is 0 Å². The van der Waals surface area contributed by atoms with Crippen LogP contribution in [0.3, 0.4) is 0 Å². The van der Waals surface area contributed by atoms with E-state index < -0.39 is 6.10 Å². The number of hydrogen-bond donors (Lipinski definition) is 2. The van der Waals surface area contributed by atoms with Gasteiger partial charge in [-0.15, -0.1) is 6.42 Å². The lowest BCUT2D eigenvalue weighted by Gasteiger charge is -2.15. The summed E-state index contributed by atoms with van der Waals surface area (Å²) in [4.78, 5) is 0. The van der Waals surface area contributed by atoms with Gasteiger partial charge in [-0.3, -0.25) is 0 Å². The van der Waals surface area contributed by atoms with Crippen LogP contribution in [0.25, 0.3) is 0 Å². The molecule has 0 spiro atoms. The fourth-order valence-electron chi connectivity index (χ4n) is 1.38. The number of benzene rings is 1. The van der Waals surface area contributed by atoms with E-state index in [1.54, 1.807) is 12.1 Å². The van der Waals surface area contributed by atoms with Crippen LogP contribution in [0.15, 0.2) is 24.3 Å². The van der Waals surface area contributed by atoms with Gasteiger partial charge in [0.2, 0.25) is 0 Å². The van der Waals surface area contributed by atoms with Crippen LogP contribution < -0.4 is 5.32 Å². The molecule has 0 radical (unpaired) electrons. The average Bonchev–Trinajstić information content (AvgIpc) is 2.31. The summed E-state index contributed by atoms with van der Waals surface area (Å²) in [6.45, 7) is 2.34. The van der Waals surface area contributed by atoms with Crippen molar-refractivity contribution in [2.45, 2.75) is 25.5 Å². The maximum atomic E-state index is 12.6. The third kappa shape index (κ3) is 3.65. The van der Waals surface area contributed by atoms with E-state index in [-0.39, 0.29) is 11.9 Å². The van der Waals surface area contributed by atoms with E-state index in [0.29, 0.717) is 12.1 Å². The summed E-state index contributed by atoms with van der Waals surface area (Å²) in [6, 6.07) is 5.76. The third-order valence-electron chi connectivity index (χ3n) is 2.42. The van der Waals surface area contributed by atoms with Gasteiger partial charge >= 0.3 is 0 Å². The molecule has 2 nitrogen and oxygen atoms in total. The highest BCUT2D eigenvalue weighted by Crippen LogP contribution is 2.12. The molecule has 0 aliphatic carbocycles. The second-order valence-electron chi connectivity index (χ2n) is 3.60. The Hall–Kier alpha value is -1.37. The van der Waals surface area contributed by atoms with Gasteiger partial charge in [-0.05, 0) is 24.1 Å². The monoisotopic (exact) mass is 221 g/mol. The number of aliphatic hydroxyl groups is 1. The first-order chi connectivity index (χ1) is 7.67. The molecular weight excluding hydrogens is 205 g/mol. The zero-order chi connectivity index (χ0) is 12.0. The van der Waals surface area contributed by atoms with E-state index in [1.807, 2.05) is 6.92 Å². The lowest BCUT2D eigenvalue weighted by Crippen LogP contribution is -2.31. The quantitative estimate of drug-likeness (QED) is 0.744. The SMILES string of the molecule is C#CC(CC)NCC(O)c1ccc(F)cc1. The Morgan fingerprint density at radius 2 is 2.06 bits per heavy atom. The summed E-state index contributed by atoms with van der Waals surface area (Å²) in [5.74, 6) is 2.28. The molecule has 2 atom stereocenters. The first-order valence-electron chi connectivity index (χ1n) is 5.30. The normalized spacial score (nSPS) is 14.1. The molecule has 2 unspecified atom stereocenters. The Labute approximate surface area is 95.5 Å². The van der Waals surface area contributed by atoms with Gasteiger partial charge in [-0.1, -0.05) is 25.0 Å². The van der Waals surface area contributed by atoms with Gasteiger partial charge < -0.3 is 10.4 Å². The summed E-state index contributed by atoms with van der Waals surface area (Å²) in [5, 5.41) is 12.8. The maximum Gasteiger partial charge on any atom is 0.123 e. The van der Waals surface area contributed by atoms with E-state index in [4.69, 9.17) is 6.42 Å². The molecule has 0 aliphatic rings. The van der Waals surface area contributed by atoms with Gasteiger partial charge in [0.1, 0.15) is 5.82 Å². The minimum atomic E-state index is -0.664. The van der Waals surface area contributed by atoms with Crippen LogP contribution in [-0.2, 0) is 0 Å². The van der Waals surface area contributed by atoms with Crippen LogP contribution in [0.1, 0.15) is 25.0 Å². The molecule has 0 heterocycles. The third-order valence-corrected chi connectivity index (χ3v) is 2.42. The van der Waals surface area contributed by atoms with E-state index in [1.165, 1.54) is 12.1 Å². The Morgan fingerprint density at radius 1 is 1.44 bits per heavy atom. The van der Waals surface area contributed by atoms with Gasteiger partial charge in [0.25, 0.3) is 0 Å². The maximum absolute atomic E-state index is 12.6. The lowest BCUT2D eigenvalue weighted by molar-refractivity contribution is 0.172. The number of aliphatic hydroxyl groups excluding tert-OH is 1.